The number of hydrogen-bond acceptors (Lipinski definition) is 5. The molecule has 172 valence electrons. The maximum Gasteiger partial charge on any atom is 0.343 e. The van der Waals surface area contributed by atoms with Crippen molar-refractivity contribution in [3.63, 3.8) is 0 Å². The zero-order valence-electron chi connectivity index (χ0n) is 18.4. The second-order valence-corrected chi connectivity index (χ2v) is 8.35. The normalized spacial score (nSPS) is 13.5. The van der Waals surface area contributed by atoms with Crippen LogP contribution in [0.25, 0.3) is 10.8 Å². The van der Waals surface area contributed by atoms with Crippen LogP contribution < -0.4 is 10.1 Å². The van der Waals surface area contributed by atoms with Crippen molar-refractivity contribution in [2.75, 3.05) is 5.32 Å². The van der Waals surface area contributed by atoms with Gasteiger partial charge >= 0.3 is 5.97 Å². The molecule has 0 saturated carbocycles. The molecule has 35 heavy (non-hydrogen) atoms. The highest BCUT2D eigenvalue weighted by molar-refractivity contribution is 6.48. The number of ether oxygens (including phenoxy) is 1. The van der Waals surface area contributed by atoms with Crippen molar-refractivity contribution in [2.24, 2.45) is 0 Å². The van der Waals surface area contributed by atoms with E-state index >= 15 is 0 Å². The summed E-state index contributed by atoms with van der Waals surface area (Å²) in [6, 6.07) is 28.8. The lowest BCUT2D eigenvalue weighted by molar-refractivity contribution is -0.138. The average molecular weight is 483 g/mol. The van der Waals surface area contributed by atoms with Gasteiger partial charge in [0, 0.05) is 5.69 Å². The highest BCUT2D eigenvalue weighted by Crippen LogP contribution is 2.27. The number of benzene rings is 4. The quantitative estimate of drug-likeness (QED) is 0.223. The number of anilines is 1. The van der Waals surface area contributed by atoms with E-state index in [9.17, 15) is 14.4 Å². The van der Waals surface area contributed by atoms with Crippen molar-refractivity contribution < 1.29 is 19.1 Å². The Morgan fingerprint density at radius 2 is 1.49 bits per heavy atom. The third-order valence-electron chi connectivity index (χ3n) is 5.62. The SMILES string of the molecule is O=C(Oc1ccc2ccccc2c1)c1ccc(NC2=C(Cl)C(=O)N(Cc3ccccc3)C2=O)cc1. The fourth-order valence-corrected chi connectivity index (χ4v) is 4.03. The molecule has 6 nitrogen and oxygen atoms in total. The van der Waals surface area contributed by atoms with Gasteiger partial charge in [0.1, 0.15) is 16.5 Å². The van der Waals surface area contributed by atoms with Crippen molar-refractivity contribution in [1.29, 1.82) is 0 Å². The number of fused-ring (bicyclic) bond motifs is 1. The molecular formula is C28H19ClN2O4. The fourth-order valence-electron chi connectivity index (χ4n) is 3.80. The van der Waals surface area contributed by atoms with Gasteiger partial charge in [-0.05, 0) is 52.7 Å². The first kappa shape index (κ1) is 22.4. The zero-order valence-corrected chi connectivity index (χ0v) is 19.2. The number of amides is 2. The lowest BCUT2D eigenvalue weighted by atomic mass is 10.1. The summed E-state index contributed by atoms with van der Waals surface area (Å²) in [7, 11) is 0. The van der Waals surface area contributed by atoms with Gasteiger partial charge in [-0.3, -0.25) is 14.5 Å². The number of nitrogens with zero attached hydrogens (tertiary/aromatic N) is 1. The Bertz CT molecular complexity index is 1480. The summed E-state index contributed by atoms with van der Waals surface area (Å²) in [4.78, 5) is 39.1. The van der Waals surface area contributed by atoms with Crippen LogP contribution in [0.2, 0.25) is 0 Å². The van der Waals surface area contributed by atoms with Crippen LogP contribution in [-0.2, 0) is 16.1 Å². The smallest absolute Gasteiger partial charge is 0.343 e. The third-order valence-corrected chi connectivity index (χ3v) is 5.97. The molecule has 5 rings (SSSR count). The van der Waals surface area contributed by atoms with E-state index in [1.807, 2.05) is 66.7 Å². The van der Waals surface area contributed by atoms with Gasteiger partial charge < -0.3 is 10.1 Å². The molecule has 0 radical (unpaired) electrons. The van der Waals surface area contributed by atoms with Crippen LogP contribution in [-0.4, -0.2) is 22.7 Å². The average Bonchev–Trinajstić information content (AvgIpc) is 3.08. The van der Waals surface area contributed by atoms with Crippen molar-refractivity contribution in [3.05, 3.63) is 119 Å². The molecule has 7 heteroatoms. The van der Waals surface area contributed by atoms with Gasteiger partial charge in [0.15, 0.2) is 0 Å². The Kier molecular flexibility index (Phi) is 6.04. The van der Waals surface area contributed by atoms with Gasteiger partial charge in [0.25, 0.3) is 11.8 Å². The summed E-state index contributed by atoms with van der Waals surface area (Å²) < 4.78 is 5.51. The number of rotatable bonds is 6. The molecule has 0 saturated heterocycles. The summed E-state index contributed by atoms with van der Waals surface area (Å²) in [6.45, 7) is 0.124. The Balaban J connectivity index is 1.26. The van der Waals surface area contributed by atoms with Crippen molar-refractivity contribution in [3.8, 4) is 5.75 Å². The molecule has 0 bridgehead atoms. The minimum Gasteiger partial charge on any atom is -0.423 e. The Morgan fingerprint density at radius 1 is 0.800 bits per heavy atom. The van der Waals surface area contributed by atoms with Crippen molar-refractivity contribution in [2.45, 2.75) is 6.54 Å². The van der Waals surface area contributed by atoms with Gasteiger partial charge in [-0.2, -0.15) is 0 Å². The Morgan fingerprint density at radius 3 is 2.23 bits per heavy atom. The maximum atomic E-state index is 12.8. The molecule has 0 spiro atoms. The lowest BCUT2D eigenvalue weighted by Crippen LogP contribution is -2.31. The number of carbonyl (C=O) groups excluding carboxylic acids is 3. The monoisotopic (exact) mass is 482 g/mol. The van der Waals surface area contributed by atoms with Crippen molar-refractivity contribution in [1.82, 2.24) is 4.90 Å². The van der Waals surface area contributed by atoms with Gasteiger partial charge in [-0.15, -0.1) is 0 Å². The van der Waals surface area contributed by atoms with Gasteiger partial charge in [0.05, 0.1) is 12.1 Å². The minimum absolute atomic E-state index is 0.000844. The summed E-state index contributed by atoms with van der Waals surface area (Å²) in [6.07, 6.45) is 0. The van der Waals surface area contributed by atoms with E-state index < -0.39 is 17.8 Å². The predicted molar refractivity (Wildman–Crippen MR) is 134 cm³/mol. The molecule has 0 atom stereocenters. The van der Waals surface area contributed by atoms with Gasteiger partial charge in [0.2, 0.25) is 0 Å². The summed E-state index contributed by atoms with van der Waals surface area (Å²) in [5.41, 5.74) is 1.65. The summed E-state index contributed by atoms with van der Waals surface area (Å²) in [5, 5.41) is 4.76. The van der Waals surface area contributed by atoms with E-state index in [2.05, 4.69) is 5.32 Å². The van der Waals surface area contributed by atoms with Crippen LogP contribution in [0.15, 0.2) is 108 Å². The van der Waals surface area contributed by atoms with E-state index in [1.54, 1.807) is 30.3 Å². The zero-order chi connectivity index (χ0) is 24.4. The molecule has 0 aromatic heterocycles. The highest BCUT2D eigenvalue weighted by atomic mass is 35.5. The molecule has 0 aliphatic carbocycles. The Labute approximate surface area is 206 Å². The first-order chi connectivity index (χ1) is 17.0. The number of hydrogen-bond donors (Lipinski definition) is 1. The number of carbonyl (C=O) groups is 3. The van der Waals surface area contributed by atoms with Crippen LogP contribution in [0.4, 0.5) is 5.69 Å². The van der Waals surface area contributed by atoms with E-state index in [4.69, 9.17) is 16.3 Å². The molecule has 1 N–H and O–H groups in total. The fraction of sp³-hybridized carbons (Fsp3) is 0.0357. The minimum atomic E-state index is -0.557. The third kappa shape index (κ3) is 4.65. The lowest BCUT2D eigenvalue weighted by Gasteiger charge is -2.15. The van der Waals surface area contributed by atoms with Crippen LogP contribution >= 0.6 is 11.6 Å². The van der Waals surface area contributed by atoms with E-state index in [1.165, 1.54) is 0 Å². The molecular weight excluding hydrogens is 464 g/mol. The van der Waals surface area contributed by atoms with E-state index in [0.29, 0.717) is 17.0 Å². The number of imide groups is 1. The molecule has 0 unspecified atom stereocenters. The van der Waals surface area contributed by atoms with Crippen LogP contribution in [0.1, 0.15) is 15.9 Å². The Hall–Kier alpha value is -4.42. The molecule has 0 fully saturated rings. The summed E-state index contributed by atoms with van der Waals surface area (Å²) >= 11 is 6.18. The number of nitrogens with one attached hydrogen (secondary N) is 1. The number of esters is 1. The van der Waals surface area contributed by atoms with Crippen LogP contribution in [0.3, 0.4) is 0 Å². The molecule has 1 aliphatic heterocycles. The molecule has 1 aliphatic rings. The maximum absolute atomic E-state index is 12.8. The first-order valence-corrected chi connectivity index (χ1v) is 11.3. The summed E-state index contributed by atoms with van der Waals surface area (Å²) in [5.74, 6) is -1.13. The van der Waals surface area contributed by atoms with Crippen LogP contribution in [0, 0.1) is 0 Å². The van der Waals surface area contributed by atoms with E-state index in [0.717, 1.165) is 21.2 Å². The van der Waals surface area contributed by atoms with E-state index in [-0.39, 0.29) is 17.3 Å². The number of halogens is 1. The van der Waals surface area contributed by atoms with Gasteiger partial charge in [-0.25, -0.2) is 4.79 Å². The second-order valence-electron chi connectivity index (χ2n) is 7.97. The topological polar surface area (TPSA) is 75.7 Å². The first-order valence-electron chi connectivity index (χ1n) is 10.9. The largest absolute Gasteiger partial charge is 0.423 e. The van der Waals surface area contributed by atoms with Crippen molar-refractivity contribution >= 4 is 45.8 Å². The molecule has 4 aromatic carbocycles. The molecule has 2 amide bonds. The molecule has 4 aromatic rings. The van der Waals surface area contributed by atoms with Gasteiger partial charge in [-0.1, -0.05) is 72.3 Å². The standard InChI is InChI=1S/C28H19ClN2O4/c29-24-25(27(33)31(26(24)32)17-18-6-2-1-3-7-18)30-22-13-10-20(11-14-22)28(34)35-23-15-12-19-8-4-5-9-21(19)16-23/h1-16,30H,17H2. The second kappa shape index (κ2) is 9.44. The van der Waals surface area contributed by atoms with Crippen LogP contribution in [0.5, 0.6) is 5.75 Å². The highest BCUT2D eigenvalue weighted by Gasteiger charge is 2.37. The molecule has 1 heterocycles. The predicted octanol–water partition coefficient (Wildman–Crippen LogP) is 5.49.